The molecular formula is C12H17NO4S. The molecule has 1 aromatic rings. The van der Waals surface area contributed by atoms with Gasteiger partial charge in [0.05, 0.1) is 24.3 Å². The van der Waals surface area contributed by atoms with Crippen LogP contribution < -0.4 is 4.74 Å². The van der Waals surface area contributed by atoms with Crippen LogP contribution in [0.5, 0.6) is 5.19 Å². The number of esters is 1. The highest BCUT2D eigenvalue weighted by molar-refractivity contribution is 7.15. The lowest BCUT2D eigenvalue weighted by Crippen LogP contribution is -2.10. The van der Waals surface area contributed by atoms with Gasteiger partial charge < -0.3 is 9.47 Å². The molecule has 18 heavy (non-hydrogen) atoms. The molecule has 0 spiro atoms. The molecule has 0 aliphatic heterocycles. The summed E-state index contributed by atoms with van der Waals surface area (Å²) in [6.45, 7) is 6.59. The number of ether oxygens (including phenoxy) is 2. The molecular weight excluding hydrogens is 254 g/mol. The summed E-state index contributed by atoms with van der Waals surface area (Å²) in [4.78, 5) is 27.3. The second-order valence-corrected chi connectivity index (χ2v) is 5.09. The lowest BCUT2D eigenvalue weighted by molar-refractivity contribution is -0.141. The Bertz CT molecular complexity index is 414. The maximum Gasteiger partial charge on any atom is 0.313 e. The van der Waals surface area contributed by atoms with Crippen molar-refractivity contribution in [2.45, 2.75) is 27.2 Å². The molecule has 0 unspecified atom stereocenters. The molecule has 0 N–H and O–H groups in total. The molecule has 0 atom stereocenters. The van der Waals surface area contributed by atoms with Crippen molar-refractivity contribution in [3.63, 3.8) is 0 Å². The van der Waals surface area contributed by atoms with Crippen LogP contribution in [0, 0.1) is 5.92 Å². The highest BCUT2D eigenvalue weighted by Crippen LogP contribution is 2.22. The average Bonchev–Trinajstić information content (AvgIpc) is 2.75. The van der Waals surface area contributed by atoms with Crippen LogP contribution in [0.15, 0.2) is 6.20 Å². The van der Waals surface area contributed by atoms with E-state index in [1.54, 1.807) is 6.92 Å². The van der Waals surface area contributed by atoms with Gasteiger partial charge in [-0.25, -0.2) is 4.98 Å². The van der Waals surface area contributed by atoms with Gasteiger partial charge in [0.1, 0.15) is 6.42 Å². The number of hydrogen-bond donors (Lipinski definition) is 0. The molecule has 1 rings (SSSR count). The molecule has 6 heteroatoms. The van der Waals surface area contributed by atoms with Crippen molar-refractivity contribution in [3.05, 3.63) is 11.1 Å². The second kappa shape index (κ2) is 7.10. The van der Waals surface area contributed by atoms with E-state index in [9.17, 15) is 9.59 Å². The van der Waals surface area contributed by atoms with Crippen LogP contribution in [0.4, 0.5) is 0 Å². The number of carbonyl (C=O) groups excluding carboxylic acids is 2. The van der Waals surface area contributed by atoms with Crippen molar-refractivity contribution in [2.24, 2.45) is 5.92 Å². The van der Waals surface area contributed by atoms with Gasteiger partial charge in [0, 0.05) is 0 Å². The van der Waals surface area contributed by atoms with Gasteiger partial charge in [-0.05, 0) is 12.8 Å². The summed E-state index contributed by atoms with van der Waals surface area (Å²) in [6.07, 6.45) is 1.18. The van der Waals surface area contributed by atoms with Crippen molar-refractivity contribution in [2.75, 3.05) is 13.2 Å². The highest BCUT2D eigenvalue weighted by atomic mass is 32.1. The molecule has 1 heterocycles. The Hall–Kier alpha value is -1.43. The van der Waals surface area contributed by atoms with Gasteiger partial charge in [-0.15, -0.1) is 0 Å². The van der Waals surface area contributed by atoms with Gasteiger partial charge in [0.15, 0.2) is 5.78 Å². The fourth-order valence-electron chi connectivity index (χ4n) is 1.12. The normalized spacial score (nSPS) is 10.4. The average molecular weight is 271 g/mol. The second-order valence-electron chi connectivity index (χ2n) is 4.10. The minimum Gasteiger partial charge on any atom is -0.470 e. The van der Waals surface area contributed by atoms with E-state index in [2.05, 4.69) is 4.98 Å². The lowest BCUT2D eigenvalue weighted by atomic mass is 10.2. The summed E-state index contributed by atoms with van der Waals surface area (Å²) in [5.41, 5.74) is 0. The molecule has 0 aliphatic carbocycles. The summed E-state index contributed by atoms with van der Waals surface area (Å²) in [5.74, 6) is -0.404. The first-order chi connectivity index (χ1) is 8.52. The van der Waals surface area contributed by atoms with Gasteiger partial charge in [0.2, 0.25) is 0 Å². The van der Waals surface area contributed by atoms with Crippen molar-refractivity contribution in [3.8, 4) is 5.19 Å². The van der Waals surface area contributed by atoms with Crippen molar-refractivity contribution in [1.29, 1.82) is 0 Å². The third-order valence-electron chi connectivity index (χ3n) is 1.91. The van der Waals surface area contributed by atoms with Crippen molar-refractivity contribution in [1.82, 2.24) is 4.98 Å². The van der Waals surface area contributed by atoms with E-state index in [0.29, 0.717) is 22.6 Å². The zero-order valence-electron chi connectivity index (χ0n) is 10.8. The fraction of sp³-hybridized carbons (Fsp3) is 0.583. The predicted molar refractivity (Wildman–Crippen MR) is 68.0 cm³/mol. The van der Waals surface area contributed by atoms with Crippen LogP contribution in [-0.4, -0.2) is 30.0 Å². The van der Waals surface area contributed by atoms with Crippen LogP contribution in [0.2, 0.25) is 0 Å². The Kier molecular flexibility index (Phi) is 5.77. The molecule has 0 bridgehead atoms. The Morgan fingerprint density at radius 3 is 2.78 bits per heavy atom. The largest absolute Gasteiger partial charge is 0.470 e. The number of aromatic nitrogens is 1. The number of Topliss-reactive ketones (excluding diaryl/α,β-unsaturated/α-hetero) is 1. The molecule has 0 fully saturated rings. The maximum absolute atomic E-state index is 11.7. The molecule has 0 aromatic carbocycles. The van der Waals surface area contributed by atoms with Gasteiger partial charge in [-0.3, -0.25) is 9.59 Å². The SMILES string of the molecule is CCOC(=O)CC(=O)c1cnc(OCC(C)C)s1. The minimum atomic E-state index is -0.513. The summed E-state index contributed by atoms with van der Waals surface area (Å²) >= 11 is 1.15. The highest BCUT2D eigenvalue weighted by Gasteiger charge is 2.16. The summed E-state index contributed by atoms with van der Waals surface area (Å²) in [7, 11) is 0. The molecule has 5 nitrogen and oxygen atoms in total. The first-order valence-electron chi connectivity index (χ1n) is 5.80. The van der Waals surface area contributed by atoms with E-state index in [0.717, 1.165) is 11.3 Å². The van der Waals surface area contributed by atoms with Crippen LogP contribution in [0.25, 0.3) is 0 Å². The van der Waals surface area contributed by atoms with E-state index in [-0.39, 0.29) is 18.8 Å². The van der Waals surface area contributed by atoms with Crippen LogP contribution in [0.1, 0.15) is 36.9 Å². The summed E-state index contributed by atoms with van der Waals surface area (Å²) < 4.78 is 10.1. The van der Waals surface area contributed by atoms with Crippen LogP contribution in [0.3, 0.4) is 0 Å². The minimum absolute atomic E-state index is 0.250. The van der Waals surface area contributed by atoms with E-state index in [1.807, 2.05) is 13.8 Å². The first kappa shape index (κ1) is 14.6. The van der Waals surface area contributed by atoms with E-state index in [1.165, 1.54) is 6.20 Å². The topological polar surface area (TPSA) is 65.5 Å². The molecule has 100 valence electrons. The van der Waals surface area contributed by atoms with Crippen LogP contribution in [-0.2, 0) is 9.53 Å². The standard InChI is InChI=1S/C12H17NO4S/c1-4-16-11(15)5-9(14)10-6-13-12(18-10)17-7-8(2)3/h6,8H,4-5,7H2,1-3H3. The number of thiazole rings is 1. The molecule has 0 saturated carbocycles. The van der Waals surface area contributed by atoms with Gasteiger partial charge in [-0.2, -0.15) is 0 Å². The number of hydrogen-bond acceptors (Lipinski definition) is 6. The molecule has 1 aromatic heterocycles. The Balaban J connectivity index is 2.51. The van der Waals surface area contributed by atoms with E-state index < -0.39 is 5.97 Å². The third-order valence-corrected chi connectivity index (χ3v) is 2.86. The van der Waals surface area contributed by atoms with Crippen LogP contribution >= 0.6 is 11.3 Å². The van der Waals surface area contributed by atoms with Gasteiger partial charge in [-0.1, -0.05) is 25.2 Å². The molecule has 0 aliphatic rings. The Morgan fingerprint density at radius 1 is 1.44 bits per heavy atom. The lowest BCUT2D eigenvalue weighted by Gasteiger charge is -2.03. The molecule has 0 amide bonds. The van der Waals surface area contributed by atoms with E-state index >= 15 is 0 Å². The zero-order valence-corrected chi connectivity index (χ0v) is 11.6. The predicted octanol–water partition coefficient (Wildman–Crippen LogP) is 2.31. The summed E-state index contributed by atoms with van der Waals surface area (Å²) in [5, 5.41) is 0.455. The van der Waals surface area contributed by atoms with Crippen molar-refractivity contribution >= 4 is 23.1 Å². The van der Waals surface area contributed by atoms with Crippen molar-refractivity contribution < 1.29 is 19.1 Å². The number of carbonyl (C=O) groups is 2. The van der Waals surface area contributed by atoms with Gasteiger partial charge in [0.25, 0.3) is 5.19 Å². The third kappa shape index (κ3) is 4.83. The smallest absolute Gasteiger partial charge is 0.313 e. The molecule has 0 saturated heterocycles. The number of rotatable bonds is 7. The maximum atomic E-state index is 11.7. The Labute approximate surface area is 110 Å². The quantitative estimate of drug-likeness (QED) is 0.432. The first-order valence-corrected chi connectivity index (χ1v) is 6.62. The monoisotopic (exact) mass is 271 g/mol. The van der Waals surface area contributed by atoms with Gasteiger partial charge >= 0.3 is 5.97 Å². The fourth-order valence-corrected chi connectivity index (χ4v) is 1.83. The summed E-state index contributed by atoms with van der Waals surface area (Å²) in [6, 6.07) is 0. The number of ketones is 1. The molecule has 0 radical (unpaired) electrons. The zero-order chi connectivity index (χ0) is 13.5. The Morgan fingerprint density at radius 2 is 2.17 bits per heavy atom. The van der Waals surface area contributed by atoms with E-state index in [4.69, 9.17) is 9.47 Å². The number of nitrogens with zero attached hydrogens (tertiary/aromatic N) is 1.